The van der Waals surface area contributed by atoms with Crippen LogP contribution in [0.2, 0.25) is 0 Å². The molecule has 0 fully saturated rings. The minimum Gasteiger partial charge on any atom is -0.465 e. The minimum absolute atomic E-state index is 0.0470. The molecule has 8 heteroatoms. The van der Waals surface area contributed by atoms with Crippen LogP contribution in [0.4, 0.5) is 4.39 Å². The van der Waals surface area contributed by atoms with Crippen LogP contribution in [-0.2, 0) is 20.8 Å². The molecule has 7 nitrogen and oxygen atoms in total. The van der Waals surface area contributed by atoms with Crippen molar-refractivity contribution in [2.75, 3.05) is 14.2 Å². The highest BCUT2D eigenvalue weighted by Gasteiger charge is 2.31. The Hall–Kier alpha value is -3.52. The summed E-state index contributed by atoms with van der Waals surface area (Å²) in [5, 5.41) is 4.45. The van der Waals surface area contributed by atoms with Crippen molar-refractivity contribution in [2.45, 2.75) is 26.6 Å². The molecule has 0 unspecified atom stereocenters. The Morgan fingerprint density at radius 2 is 1.71 bits per heavy atom. The van der Waals surface area contributed by atoms with E-state index < -0.39 is 17.8 Å². The SMILES string of the molecule is COC(=O)c1c(-c2ccc(COC(C)C)c(F)c2)nn(-c2ccccc2)c1C(=O)OC. The molecule has 0 N–H and O–H groups in total. The van der Waals surface area contributed by atoms with Gasteiger partial charge in [0.15, 0.2) is 5.69 Å². The molecule has 3 rings (SSSR count). The van der Waals surface area contributed by atoms with Crippen LogP contribution in [0.1, 0.15) is 40.3 Å². The number of rotatable bonds is 7. The number of esters is 2. The predicted molar refractivity (Wildman–Crippen MR) is 112 cm³/mol. The molecule has 0 spiro atoms. The summed E-state index contributed by atoms with van der Waals surface area (Å²) in [4.78, 5) is 25.2. The summed E-state index contributed by atoms with van der Waals surface area (Å²) in [5.41, 5.74) is 1.10. The first kappa shape index (κ1) is 22.2. The molecule has 0 amide bonds. The van der Waals surface area contributed by atoms with Gasteiger partial charge in [0.05, 0.1) is 32.6 Å². The Morgan fingerprint density at radius 3 is 2.29 bits per heavy atom. The van der Waals surface area contributed by atoms with Gasteiger partial charge in [0.2, 0.25) is 0 Å². The normalized spacial score (nSPS) is 10.9. The number of para-hydroxylation sites is 1. The molecule has 0 bridgehead atoms. The van der Waals surface area contributed by atoms with Crippen LogP contribution in [0, 0.1) is 5.82 Å². The van der Waals surface area contributed by atoms with Gasteiger partial charge in [0, 0.05) is 11.1 Å². The summed E-state index contributed by atoms with van der Waals surface area (Å²) in [6.07, 6.45) is -0.0470. The van der Waals surface area contributed by atoms with Crippen molar-refractivity contribution in [3.05, 3.63) is 71.2 Å². The third-order valence-electron chi connectivity index (χ3n) is 4.55. The third-order valence-corrected chi connectivity index (χ3v) is 4.55. The lowest BCUT2D eigenvalue weighted by Crippen LogP contribution is -2.15. The zero-order chi connectivity index (χ0) is 22.5. The molecule has 31 heavy (non-hydrogen) atoms. The molecular weight excluding hydrogens is 403 g/mol. The first-order chi connectivity index (χ1) is 14.9. The fourth-order valence-electron chi connectivity index (χ4n) is 3.02. The molecule has 0 aliphatic heterocycles. The zero-order valence-electron chi connectivity index (χ0n) is 17.7. The number of benzene rings is 2. The molecule has 0 saturated heterocycles. The average Bonchev–Trinajstić information content (AvgIpc) is 3.18. The monoisotopic (exact) mass is 426 g/mol. The summed E-state index contributed by atoms with van der Waals surface area (Å²) in [5.74, 6) is -2.07. The number of hydrogen-bond donors (Lipinski definition) is 0. The van der Waals surface area contributed by atoms with Crippen LogP contribution >= 0.6 is 0 Å². The van der Waals surface area contributed by atoms with Gasteiger partial charge in [-0.15, -0.1) is 0 Å². The highest BCUT2D eigenvalue weighted by atomic mass is 19.1. The van der Waals surface area contributed by atoms with Gasteiger partial charge in [0.25, 0.3) is 0 Å². The molecule has 2 aromatic carbocycles. The van der Waals surface area contributed by atoms with Crippen molar-refractivity contribution in [1.29, 1.82) is 0 Å². The second kappa shape index (κ2) is 9.53. The van der Waals surface area contributed by atoms with Crippen molar-refractivity contribution in [3.63, 3.8) is 0 Å². The van der Waals surface area contributed by atoms with E-state index in [0.717, 1.165) is 0 Å². The summed E-state index contributed by atoms with van der Waals surface area (Å²) >= 11 is 0. The van der Waals surface area contributed by atoms with Crippen molar-refractivity contribution in [3.8, 4) is 16.9 Å². The lowest BCUT2D eigenvalue weighted by atomic mass is 10.0. The standard InChI is InChI=1S/C23H23FN2O5/c1-14(2)31-13-16-11-10-15(12-18(16)24)20-19(22(27)29-3)21(23(28)30-4)26(25-20)17-8-6-5-7-9-17/h5-12,14H,13H2,1-4H3. The number of carbonyl (C=O) groups is 2. The van der Waals surface area contributed by atoms with Crippen LogP contribution in [-0.4, -0.2) is 42.0 Å². The highest BCUT2D eigenvalue weighted by molar-refractivity contribution is 6.06. The molecule has 0 atom stereocenters. The van der Waals surface area contributed by atoms with Gasteiger partial charge in [0.1, 0.15) is 17.1 Å². The van der Waals surface area contributed by atoms with Crippen LogP contribution in [0.15, 0.2) is 48.5 Å². The number of aromatic nitrogens is 2. The van der Waals surface area contributed by atoms with Gasteiger partial charge in [-0.2, -0.15) is 5.10 Å². The maximum absolute atomic E-state index is 14.7. The molecule has 1 heterocycles. The Labute approximate surface area is 179 Å². The zero-order valence-corrected chi connectivity index (χ0v) is 17.7. The van der Waals surface area contributed by atoms with Gasteiger partial charge >= 0.3 is 11.9 Å². The number of methoxy groups -OCH3 is 2. The van der Waals surface area contributed by atoms with Gasteiger partial charge in [-0.3, -0.25) is 0 Å². The highest BCUT2D eigenvalue weighted by Crippen LogP contribution is 2.30. The molecule has 0 radical (unpaired) electrons. The largest absolute Gasteiger partial charge is 0.465 e. The third kappa shape index (κ3) is 4.64. The Kier molecular flexibility index (Phi) is 6.81. The van der Waals surface area contributed by atoms with Crippen molar-refractivity contribution >= 4 is 11.9 Å². The lowest BCUT2D eigenvalue weighted by Gasteiger charge is -2.09. The maximum atomic E-state index is 14.7. The van der Waals surface area contributed by atoms with Crippen LogP contribution in [0.5, 0.6) is 0 Å². The summed E-state index contributed by atoms with van der Waals surface area (Å²) in [6, 6.07) is 13.2. The van der Waals surface area contributed by atoms with Gasteiger partial charge in [-0.25, -0.2) is 18.7 Å². The average molecular weight is 426 g/mol. The van der Waals surface area contributed by atoms with Crippen molar-refractivity contribution < 1.29 is 28.2 Å². The Bertz CT molecular complexity index is 1090. The van der Waals surface area contributed by atoms with E-state index in [0.29, 0.717) is 16.8 Å². The van der Waals surface area contributed by atoms with Crippen LogP contribution < -0.4 is 0 Å². The van der Waals surface area contributed by atoms with Crippen LogP contribution in [0.3, 0.4) is 0 Å². The minimum atomic E-state index is -0.787. The van der Waals surface area contributed by atoms with E-state index in [2.05, 4.69) is 5.10 Å². The van der Waals surface area contributed by atoms with Crippen molar-refractivity contribution in [1.82, 2.24) is 9.78 Å². The van der Waals surface area contributed by atoms with Gasteiger partial charge in [-0.1, -0.05) is 30.3 Å². The van der Waals surface area contributed by atoms with E-state index in [1.807, 2.05) is 13.8 Å². The van der Waals surface area contributed by atoms with Crippen LogP contribution in [0.25, 0.3) is 16.9 Å². The molecule has 162 valence electrons. The fraction of sp³-hybridized carbons (Fsp3) is 0.261. The van der Waals surface area contributed by atoms with E-state index in [4.69, 9.17) is 14.2 Å². The quantitative estimate of drug-likeness (QED) is 0.528. The second-order valence-corrected chi connectivity index (χ2v) is 6.97. The number of halogens is 1. The number of ether oxygens (including phenoxy) is 3. The predicted octanol–water partition coefficient (Wildman–Crippen LogP) is 4.18. The molecule has 1 aromatic heterocycles. The topological polar surface area (TPSA) is 79.7 Å². The van der Waals surface area contributed by atoms with Gasteiger partial charge < -0.3 is 14.2 Å². The van der Waals surface area contributed by atoms with E-state index in [1.165, 1.54) is 25.0 Å². The fourth-order valence-corrected chi connectivity index (χ4v) is 3.02. The summed E-state index contributed by atoms with van der Waals surface area (Å²) < 4.78 is 31.3. The van der Waals surface area contributed by atoms with Crippen molar-refractivity contribution in [2.24, 2.45) is 0 Å². The van der Waals surface area contributed by atoms with Gasteiger partial charge in [-0.05, 0) is 32.0 Å². The van der Waals surface area contributed by atoms with E-state index in [1.54, 1.807) is 42.5 Å². The summed E-state index contributed by atoms with van der Waals surface area (Å²) in [7, 11) is 2.40. The molecular formula is C23H23FN2O5. The Balaban J connectivity index is 2.20. The summed E-state index contributed by atoms with van der Waals surface area (Å²) in [6.45, 7) is 3.83. The number of hydrogen-bond acceptors (Lipinski definition) is 6. The number of nitrogens with zero attached hydrogens (tertiary/aromatic N) is 2. The smallest absolute Gasteiger partial charge is 0.357 e. The maximum Gasteiger partial charge on any atom is 0.357 e. The molecule has 0 aliphatic rings. The first-order valence-electron chi connectivity index (χ1n) is 9.62. The van der Waals surface area contributed by atoms with E-state index in [9.17, 15) is 14.0 Å². The molecule has 0 aliphatic carbocycles. The number of carbonyl (C=O) groups excluding carboxylic acids is 2. The lowest BCUT2D eigenvalue weighted by molar-refractivity contribution is 0.0549. The Morgan fingerprint density at radius 1 is 1.03 bits per heavy atom. The van der Waals surface area contributed by atoms with E-state index in [-0.39, 0.29) is 29.7 Å². The molecule has 3 aromatic rings. The second-order valence-electron chi connectivity index (χ2n) is 6.97. The van der Waals surface area contributed by atoms with E-state index >= 15 is 0 Å². The molecule has 0 saturated carbocycles. The first-order valence-corrected chi connectivity index (χ1v) is 9.62.